The Labute approximate surface area is 150 Å². The van der Waals surface area contributed by atoms with Crippen LogP contribution >= 0.6 is 0 Å². The first-order chi connectivity index (χ1) is 12.3. The van der Waals surface area contributed by atoms with Gasteiger partial charge in [0.15, 0.2) is 15.2 Å². The number of methoxy groups -OCH3 is 1. The summed E-state index contributed by atoms with van der Waals surface area (Å²) in [5.41, 5.74) is -0.830. The number of rotatable bonds is 4. The fourth-order valence-corrected chi connectivity index (χ4v) is 4.64. The third kappa shape index (κ3) is 3.74. The Balaban J connectivity index is 2.42. The molecule has 0 aromatic carbocycles. The molecule has 2 heterocycles. The molecule has 150 valence electrons. The Bertz CT molecular complexity index is 848. The molecule has 2 amide bonds. The van der Waals surface area contributed by atoms with Gasteiger partial charge >= 0.3 is 24.0 Å². The standard InChI is InChI=1S/C13H13F3N2O8S/c1-5(19)26-3-6-4-27(23,24)10-7(17-12(22)13(14,15)16)9(20)18(10)8(6)11(21)25-2/h7,10H,3-4H2,1-2H3,(H,17,22)/t7-,10?/m0/s1. The molecule has 0 bridgehead atoms. The van der Waals surface area contributed by atoms with E-state index in [1.54, 1.807) is 0 Å². The third-order valence-corrected chi connectivity index (χ3v) is 5.70. The number of esters is 2. The Morgan fingerprint density at radius 1 is 1.30 bits per heavy atom. The Morgan fingerprint density at radius 3 is 2.37 bits per heavy atom. The van der Waals surface area contributed by atoms with E-state index in [2.05, 4.69) is 9.47 Å². The zero-order valence-electron chi connectivity index (χ0n) is 13.8. The van der Waals surface area contributed by atoms with Crippen molar-refractivity contribution in [2.75, 3.05) is 19.5 Å². The van der Waals surface area contributed by atoms with E-state index in [4.69, 9.17) is 0 Å². The number of alkyl halides is 3. The van der Waals surface area contributed by atoms with E-state index >= 15 is 0 Å². The summed E-state index contributed by atoms with van der Waals surface area (Å²) < 4.78 is 71.1. The number of amides is 2. The molecule has 2 aliphatic heterocycles. The summed E-state index contributed by atoms with van der Waals surface area (Å²) >= 11 is 0. The van der Waals surface area contributed by atoms with Crippen LogP contribution < -0.4 is 5.32 Å². The van der Waals surface area contributed by atoms with Gasteiger partial charge in [0.05, 0.1) is 12.9 Å². The van der Waals surface area contributed by atoms with Crippen LogP contribution in [0.4, 0.5) is 13.2 Å². The lowest BCUT2D eigenvalue weighted by molar-refractivity contribution is -0.177. The summed E-state index contributed by atoms with van der Waals surface area (Å²) in [7, 11) is -3.37. The minimum atomic E-state index is -5.33. The SMILES string of the molecule is COC(=O)C1=C(COC(C)=O)CS(=O)(=O)C2[C@@H](NC(=O)C(F)(F)F)C(=O)N12. The smallest absolute Gasteiger partial charge is 0.464 e. The van der Waals surface area contributed by atoms with Crippen molar-refractivity contribution in [3.63, 3.8) is 0 Å². The van der Waals surface area contributed by atoms with Crippen LogP contribution in [0.3, 0.4) is 0 Å². The number of halogens is 3. The fraction of sp³-hybridized carbons (Fsp3) is 0.538. The van der Waals surface area contributed by atoms with Gasteiger partial charge in [-0.15, -0.1) is 0 Å². The molecule has 2 rings (SSSR count). The molecule has 27 heavy (non-hydrogen) atoms. The summed E-state index contributed by atoms with van der Waals surface area (Å²) in [6.07, 6.45) is -5.33. The summed E-state index contributed by atoms with van der Waals surface area (Å²) in [5.74, 6) is -6.56. The summed E-state index contributed by atoms with van der Waals surface area (Å²) in [4.78, 5) is 46.6. The molecule has 1 saturated heterocycles. The van der Waals surface area contributed by atoms with Crippen LogP contribution in [0.5, 0.6) is 0 Å². The van der Waals surface area contributed by atoms with Crippen molar-refractivity contribution in [3.8, 4) is 0 Å². The molecule has 1 N–H and O–H groups in total. The number of ether oxygens (including phenoxy) is 2. The van der Waals surface area contributed by atoms with Crippen molar-refractivity contribution >= 4 is 33.6 Å². The number of nitrogens with one attached hydrogen (secondary N) is 1. The van der Waals surface area contributed by atoms with Gasteiger partial charge in [0.2, 0.25) is 0 Å². The maximum Gasteiger partial charge on any atom is 0.471 e. The molecule has 1 fully saturated rings. The van der Waals surface area contributed by atoms with E-state index in [1.807, 2.05) is 0 Å². The highest BCUT2D eigenvalue weighted by Gasteiger charge is 2.61. The van der Waals surface area contributed by atoms with Crippen LogP contribution in [-0.2, 0) is 38.5 Å². The van der Waals surface area contributed by atoms with Gasteiger partial charge < -0.3 is 14.8 Å². The molecular formula is C13H13F3N2O8S. The van der Waals surface area contributed by atoms with Crippen LogP contribution in [-0.4, -0.2) is 74.1 Å². The molecule has 0 saturated carbocycles. The van der Waals surface area contributed by atoms with E-state index in [1.165, 1.54) is 5.32 Å². The first-order valence-corrected chi connectivity index (χ1v) is 8.88. The monoisotopic (exact) mass is 414 g/mol. The molecular weight excluding hydrogens is 401 g/mol. The maximum atomic E-state index is 12.4. The first-order valence-electron chi connectivity index (χ1n) is 7.17. The van der Waals surface area contributed by atoms with Gasteiger partial charge in [-0.1, -0.05) is 0 Å². The lowest BCUT2D eigenvalue weighted by Gasteiger charge is -2.49. The predicted molar refractivity (Wildman–Crippen MR) is 78.1 cm³/mol. The van der Waals surface area contributed by atoms with Gasteiger partial charge in [-0.25, -0.2) is 13.2 Å². The maximum absolute atomic E-state index is 12.4. The molecule has 2 atom stereocenters. The van der Waals surface area contributed by atoms with Crippen molar-refractivity contribution in [1.82, 2.24) is 10.2 Å². The molecule has 2 aliphatic rings. The summed E-state index contributed by atoms with van der Waals surface area (Å²) in [6.45, 7) is 0.380. The molecule has 0 spiro atoms. The van der Waals surface area contributed by atoms with Crippen molar-refractivity contribution in [1.29, 1.82) is 0 Å². The van der Waals surface area contributed by atoms with Gasteiger partial charge in [0.25, 0.3) is 5.91 Å². The van der Waals surface area contributed by atoms with Gasteiger partial charge in [-0.05, 0) is 0 Å². The number of sulfone groups is 1. The average Bonchev–Trinajstić information content (AvgIpc) is 2.54. The van der Waals surface area contributed by atoms with Gasteiger partial charge in [-0.3, -0.25) is 19.3 Å². The topological polar surface area (TPSA) is 136 Å². The number of nitrogens with zero attached hydrogens (tertiary/aromatic N) is 1. The summed E-state index contributed by atoms with van der Waals surface area (Å²) in [6, 6.07) is -2.01. The summed E-state index contributed by atoms with van der Waals surface area (Å²) in [5, 5.41) is -0.602. The molecule has 0 aromatic rings. The Hall–Kier alpha value is -2.64. The van der Waals surface area contributed by atoms with Crippen LogP contribution in [0.1, 0.15) is 6.92 Å². The highest BCUT2D eigenvalue weighted by Crippen LogP contribution is 2.37. The Kier molecular flexibility index (Phi) is 5.23. The van der Waals surface area contributed by atoms with Gasteiger partial charge in [0.1, 0.15) is 18.3 Å². The molecule has 1 unspecified atom stereocenters. The zero-order chi connectivity index (χ0) is 20.7. The average molecular weight is 414 g/mol. The molecule has 0 radical (unpaired) electrons. The zero-order valence-corrected chi connectivity index (χ0v) is 14.6. The minimum absolute atomic E-state index is 0.276. The lowest BCUT2D eigenvalue weighted by Crippen LogP contribution is -2.75. The van der Waals surface area contributed by atoms with Crippen LogP contribution in [0.25, 0.3) is 0 Å². The number of β-lactam (4-membered cyclic amide) rings is 1. The van der Waals surface area contributed by atoms with E-state index in [0.29, 0.717) is 4.90 Å². The number of carbonyl (C=O) groups is 4. The predicted octanol–water partition coefficient (Wildman–Crippen LogP) is -1.38. The van der Waals surface area contributed by atoms with E-state index in [9.17, 15) is 40.8 Å². The number of fused-ring (bicyclic) bond motifs is 1. The van der Waals surface area contributed by atoms with Crippen LogP contribution in [0, 0.1) is 0 Å². The van der Waals surface area contributed by atoms with Crippen molar-refractivity contribution in [2.24, 2.45) is 0 Å². The number of carbonyl (C=O) groups excluding carboxylic acids is 4. The molecule has 0 aromatic heterocycles. The fourth-order valence-electron chi connectivity index (χ4n) is 2.63. The van der Waals surface area contributed by atoms with Crippen molar-refractivity contribution < 1.29 is 50.2 Å². The van der Waals surface area contributed by atoms with E-state index in [-0.39, 0.29) is 5.57 Å². The molecule has 14 heteroatoms. The van der Waals surface area contributed by atoms with E-state index < -0.39 is 69.2 Å². The van der Waals surface area contributed by atoms with Crippen molar-refractivity contribution in [3.05, 3.63) is 11.3 Å². The first kappa shape index (κ1) is 20.7. The quantitative estimate of drug-likeness (QED) is 0.439. The largest absolute Gasteiger partial charge is 0.471 e. The van der Waals surface area contributed by atoms with Gasteiger partial charge in [0, 0.05) is 12.5 Å². The van der Waals surface area contributed by atoms with Crippen LogP contribution in [0.15, 0.2) is 11.3 Å². The second-order valence-electron chi connectivity index (χ2n) is 5.58. The second kappa shape index (κ2) is 6.83. The lowest BCUT2D eigenvalue weighted by atomic mass is 10.0. The second-order valence-corrected chi connectivity index (χ2v) is 7.68. The highest BCUT2D eigenvalue weighted by molar-refractivity contribution is 7.92. The van der Waals surface area contributed by atoms with Crippen LogP contribution in [0.2, 0.25) is 0 Å². The third-order valence-electron chi connectivity index (χ3n) is 3.73. The van der Waals surface area contributed by atoms with E-state index in [0.717, 1.165) is 14.0 Å². The Morgan fingerprint density at radius 2 is 1.89 bits per heavy atom. The van der Waals surface area contributed by atoms with Gasteiger partial charge in [-0.2, -0.15) is 13.2 Å². The molecule has 0 aliphatic carbocycles. The van der Waals surface area contributed by atoms with Crippen molar-refractivity contribution in [2.45, 2.75) is 24.5 Å². The highest BCUT2D eigenvalue weighted by atomic mass is 32.2. The minimum Gasteiger partial charge on any atom is -0.464 e. The normalized spacial score (nSPS) is 23.9. The number of hydrogen-bond donors (Lipinski definition) is 1. The number of hydrogen-bond acceptors (Lipinski definition) is 8. The molecule has 10 nitrogen and oxygen atoms in total.